The maximum Gasteiger partial charge on any atom is 0.321 e. The summed E-state index contributed by atoms with van der Waals surface area (Å²) in [6, 6.07) is 9.21. The molecule has 0 saturated heterocycles. The summed E-state index contributed by atoms with van der Waals surface area (Å²) < 4.78 is 0. The molecule has 1 aliphatic rings. The first kappa shape index (κ1) is 15.4. The molecule has 1 fully saturated rings. The Bertz CT molecular complexity index is 490. The van der Waals surface area contributed by atoms with Gasteiger partial charge < -0.3 is 10.4 Å². The van der Waals surface area contributed by atoms with Crippen molar-refractivity contribution in [3.63, 3.8) is 0 Å². The normalized spacial score (nSPS) is 19.9. The summed E-state index contributed by atoms with van der Waals surface area (Å²) in [6.07, 6.45) is 1.68. The number of carboxylic acids is 1. The van der Waals surface area contributed by atoms with E-state index in [4.69, 9.17) is 5.11 Å². The van der Waals surface area contributed by atoms with E-state index < -0.39 is 5.97 Å². The van der Waals surface area contributed by atoms with Crippen molar-refractivity contribution in [2.75, 3.05) is 18.0 Å². The second-order valence-electron chi connectivity index (χ2n) is 5.64. The number of urea groups is 1. The van der Waals surface area contributed by atoms with E-state index in [0.717, 1.165) is 5.69 Å². The van der Waals surface area contributed by atoms with Crippen LogP contribution in [0.2, 0.25) is 0 Å². The molecule has 0 heterocycles. The molecule has 2 amide bonds. The molecule has 1 aromatic carbocycles. The number of nitrogens with one attached hydrogen (secondary N) is 1. The maximum atomic E-state index is 12.3. The maximum absolute atomic E-state index is 12.3. The van der Waals surface area contributed by atoms with Crippen molar-refractivity contribution in [3.8, 4) is 0 Å². The van der Waals surface area contributed by atoms with E-state index in [-0.39, 0.29) is 12.5 Å². The van der Waals surface area contributed by atoms with Crippen LogP contribution in [0.4, 0.5) is 10.5 Å². The van der Waals surface area contributed by atoms with Crippen LogP contribution in [0.15, 0.2) is 30.3 Å². The third-order valence-corrected chi connectivity index (χ3v) is 3.88. The van der Waals surface area contributed by atoms with Crippen LogP contribution in [-0.4, -0.2) is 30.2 Å². The summed E-state index contributed by atoms with van der Waals surface area (Å²) in [6.45, 7) is 3.28. The predicted molar refractivity (Wildman–Crippen MR) is 81.3 cm³/mol. The lowest BCUT2D eigenvalue weighted by atomic mass is 10.2. The fourth-order valence-electron chi connectivity index (χ4n) is 2.34. The number of nitrogens with zero attached hydrogens (tertiary/aromatic N) is 1. The molecular formula is C16H22N2O3. The lowest BCUT2D eigenvalue weighted by Crippen LogP contribution is -2.41. The van der Waals surface area contributed by atoms with Gasteiger partial charge in [0.25, 0.3) is 0 Å². The van der Waals surface area contributed by atoms with Gasteiger partial charge in [0.2, 0.25) is 0 Å². The second kappa shape index (κ2) is 7.11. The first-order chi connectivity index (χ1) is 10.1. The molecule has 2 N–H and O–H groups in total. The minimum Gasteiger partial charge on any atom is -0.481 e. The Morgan fingerprint density at radius 3 is 2.57 bits per heavy atom. The Balaban J connectivity index is 1.93. The van der Waals surface area contributed by atoms with Crippen LogP contribution in [0, 0.1) is 11.8 Å². The Kier molecular flexibility index (Phi) is 5.20. The Labute approximate surface area is 125 Å². The molecule has 2 unspecified atom stereocenters. The molecule has 5 nitrogen and oxygen atoms in total. The zero-order valence-electron chi connectivity index (χ0n) is 12.3. The van der Waals surface area contributed by atoms with Gasteiger partial charge in [-0.25, -0.2) is 4.79 Å². The number of carbonyl (C=O) groups excluding carboxylic acids is 1. The number of anilines is 1. The number of benzene rings is 1. The monoisotopic (exact) mass is 290 g/mol. The Morgan fingerprint density at radius 2 is 2.00 bits per heavy atom. The number of aliphatic carboxylic acids is 1. The molecule has 2 rings (SSSR count). The summed E-state index contributed by atoms with van der Waals surface area (Å²) in [5.74, 6) is 0.448. The molecule has 0 aliphatic heterocycles. The number of carbonyl (C=O) groups is 2. The molecule has 0 radical (unpaired) electrons. The fraction of sp³-hybridized carbons (Fsp3) is 0.500. The largest absolute Gasteiger partial charge is 0.481 e. The van der Waals surface area contributed by atoms with Crippen molar-refractivity contribution in [1.29, 1.82) is 0 Å². The van der Waals surface area contributed by atoms with E-state index in [1.54, 1.807) is 4.90 Å². The number of hydrogen-bond acceptors (Lipinski definition) is 2. The average Bonchev–Trinajstić information content (AvgIpc) is 3.17. The fourth-order valence-corrected chi connectivity index (χ4v) is 2.34. The first-order valence-electron chi connectivity index (χ1n) is 7.40. The van der Waals surface area contributed by atoms with Gasteiger partial charge >= 0.3 is 12.0 Å². The number of rotatable bonds is 7. The minimum atomic E-state index is -0.838. The summed E-state index contributed by atoms with van der Waals surface area (Å²) >= 11 is 0. The Hall–Kier alpha value is -2.04. The highest BCUT2D eigenvalue weighted by Gasteiger charge is 2.32. The molecule has 0 bridgehead atoms. The van der Waals surface area contributed by atoms with Crippen LogP contribution in [0.1, 0.15) is 26.2 Å². The molecule has 0 aromatic heterocycles. The van der Waals surface area contributed by atoms with E-state index >= 15 is 0 Å². The van der Waals surface area contributed by atoms with E-state index in [2.05, 4.69) is 12.2 Å². The van der Waals surface area contributed by atoms with Gasteiger partial charge in [0.05, 0.1) is 0 Å². The van der Waals surface area contributed by atoms with Crippen molar-refractivity contribution in [1.82, 2.24) is 5.32 Å². The number of amides is 2. The summed E-state index contributed by atoms with van der Waals surface area (Å²) in [4.78, 5) is 24.6. The molecule has 1 saturated carbocycles. The van der Waals surface area contributed by atoms with Crippen LogP contribution >= 0.6 is 0 Å². The van der Waals surface area contributed by atoms with Gasteiger partial charge in [0.1, 0.15) is 0 Å². The van der Waals surface area contributed by atoms with Crippen LogP contribution in [-0.2, 0) is 4.79 Å². The topological polar surface area (TPSA) is 69.6 Å². The molecule has 1 aromatic rings. The van der Waals surface area contributed by atoms with Crippen molar-refractivity contribution in [2.45, 2.75) is 26.2 Å². The lowest BCUT2D eigenvalue weighted by Gasteiger charge is -2.23. The predicted octanol–water partition coefficient (Wildman–Crippen LogP) is 2.72. The van der Waals surface area contributed by atoms with Gasteiger partial charge in [0, 0.05) is 25.2 Å². The van der Waals surface area contributed by atoms with E-state index in [0.29, 0.717) is 31.3 Å². The molecule has 1 aliphatic carbocycles. The highest BCUT2D eigenvalue weighted by Crippen LogP contribution is 2.36. The third kappa shape index (κ3) is 4.77. The molecule has 0 spiro atoms. The molecule has 21 heavy (non-hydrogen) atoms. The molecule has 2 atom stereocenters. The molecular weight excluding hydrogens is 268 g/mol. The first-order valence-corrected chi connectivity index (χ1v) is 7.40. The number of carboxylic acid groups (broad SMARTS) is 1. The standard InChI is InChI=1S/C16H22N2O3/c1-12-10-13(12)11-17-16(21)18(9-5-8-15(19)20)14-6-3-2-4-7-14/h2-4,6-7,12-13H,5,8-11H2,1H3,(H,17,21)(H,19,20). The smallest absolute Gasteiger partial charge is 0.321 e. The van der Waals surface area contributed by atoms with E-state index in [1.807, 2.05) is 30.3 Å². The van der Waals surface area contributed by atoms with Gasteiger partial charge in [0.15, 0.2) is 0 Å². The van der Waals surface area contributed by atoms with Gasteiger partial charge in [-0.15, -0.1) is 0 Å². The van der Waals surface area contributed by atoms with E-state index in [1.165, 1.54) is 6.42 Å². The lowest BCUT2D eigenvalue weighted by molar-refractivity contribution is -0.137. The highest BCUT2D eigenvalue weighted by molar-refractivity contribution is 5.92. The van der Waals surface area contributed by atoms with Crippen LogP contribution in [0.5, 0.6) is 0 Å². The van der Waals surface area contributed by atoms with Gasteiger partial charge in [-0.2, -0.15) is 0 Å². The van der Waals surface area contributed by atoms with Gasteiger partial charge in [-0.05, 0) is 36.8 Å². The quantitative estimate of drug-likeness (QED) is 0.811. The zero-order chi connectivity index (χ0) is 15.2. The van der Waals surface area contributed by atoms with Gasteiger partial charge in [-0.1, -0.05) is 25.1 Å². The van der Waals surface area contributed by atoms with Gasteiger partial charge in [-0.3, -0.25) is 9.69 Å². The molecule has 5 heteroatoms. The second-order valence-corrected chi connectivity index (χ2v) is 5.64. The van der Waals surface area contributed by atoms with Crippen LogP contribution in [0.3, 0.4) is 0 Å². The SMILES string of the molecule is CC1CC1CNC(=O)N(CCCC(=O)O)c1ccccc1. The van der Waals surface area contributed by atoms with Crippen molar-refractivity contribution in [2.24, 2.45) is 11.8 Å². The van der Waals surface area contributed by atoms with Crippen LogP contribution in [0.25, 0.3) is 0 Å². The highest BCUT2D eigenvalue weighted by atomic mass is 16.4. The third-order valence-electron chi connectivity index (χ3n) is 3.88. The Morgan fingerprint density at radius 1 is 1.33 bits per heavy atom. The molecule has 114 valence electrons. The van der Waals surface area contributed by atoms with Crippen molar-refractivity contribution < 1.29 is 14.7 Å². The zero-order valence-corrected chi connectivity index (χ0v) is 12.3. The summed E-state index contributed by atoms with van der Waals surface area (Å²) in [5.41, 5.74) is 0.796. The number of hydrogen-bond donors (Lipinski definition) is 2. The van der Waals surface area contributed by atoms with Crippen molar-refractivity contribution in [3.05, 3.63) is 30.3 Å². The minimum absolute atomic E-state index is 0.0657. The average molecular weight is 290 g/mol. The summed E-state index contributed by atoms with van der Waals surface area (Å²) in [5, 5.41) is 11.7. The van der Waals surface area contributed by atoms with Crippen molar-refractivity contribution >= 4 is 17.7 Å². The number of para-hydroxylation sites is 1. The van der Waals surface area contributed by atoms with Crippen LogP contribution < -0.4 is 10.2 Å². The summed E-state index contributed by atoms with van der Waals surface area (Å²) in [7, 11) is 0. The van der Waals surface area contributed by atoms with E-state index in [9.17, 15) is 9.59 Å².